The van der Waals surface area contributed by atoms with Gasteiger partial charge in [0.05, 0.1) is 4.90 Å². The molecule has 2 rings (SSSR count). The molecule has 0 spiro atoms. The number of nitrogen functional groups attached to an aromatic ring is 1. The molecule has 0 fully saturated rings. The first kappa shape index (κ1) is 15.4. The lowest BCUT2D eigenvalue weighted by Crippen LogP contribution is -2.21. The summed E-state index contributed by atoms with van der Waals surface area (Å²) in [5.41, 5.74) is 8.60. The fourth-order valence-electron chi connectivity index (χ4n) is 2.13. The molecule has 5 heteroatoms. The van der Waals surface area contributed by atoms with E-state index < -0.39 is 9.84 Å². The number of hydrogen-bond acceptors (Lipinski definition) is 4. The molecule has 0 bridgehead atoms. The molecule has 2 N–H and O–H groups in total. The Kier molecular flexibility index (Phi) is 4.53. The molecule has 2 aromatic rings. The molecule has 0 saturated heterocycles. The van der Waals surface area contributed by atoms with E-state index in [1.807, 2.05) is 36.4 Å². The van der Waals surface area contributed by atoms with Gasteiger partial charge in [-0.2, -0.15) is 0 Å². The van der Waals surface area contributed by atoms with Crippen LogP contribution >= 0.6 is 0 Å². The summed E-state index contributed by atoms with van der Waals surface area (Å²) >= 11 is 0. The van der Waals surface area contributed by atoms with Crippen LogP contribution in [0.1, 0.15) is 12.5 Å². The van der Waals surface area contributed by atoms with Gasteiger partial charge in [0, 0.05) is 30.7 Å². The lowest BCUT2D eigenvalue weighted by molar-refractivity contribution is 0.602. The van der Waals surface area contributed by atoms with Crippen LogP contribution in [0, 0.1) is 0 Å². The van der Waals surface area contributed by atoms with Crippen molar-refractivity contribution < 1.29 is 8.42 Å². The second kappa shape index (κ2) is 6.18. The zero-order valence-electron chi connectivity index (χ0n) is 12.3. The average molecular weight is 304 g/mol. The standard InChI is InChI=1S/C16H20N2O2S/c1-3-18(12-13-4-6-14(17)7-5-13)15-8-10-16(11-9-15)21(2,19)20/h4-11H,3,12,17H2,1-2H3. The van der Waals surface area contributed by atoms with Gasteiger partial charge in [0.1, 0.15) is 0 Å². The van der Waals surface area contributed by atoms with Gasteiger partial charge in [-0.05, 0) is 48.9 Å². The number of anilines is 2. The number of hydrogen-bond donors (Lipinski definition) is 1. The Morgan fingerprint density at radius 1 is 1.00 bits per heavy atom. The number of nitrogens with zero attached hydrogens (tertiary/aromatic N) is 1. The largest absolute Gasteiger partial charge is 0.399 e. The van der Waals surface area contributed by atoms with Crippen molar-refractivity contribution in [2.45, 2.75) is 18.4 Å². The highest BCUT2D eigenvalue weighted by Gasteiger charge is 2.09. The molecule has 0 amide bonds. The highest BCUT2D eigenvalue weighted by atomic mass is 32.2. The molecule has 2 aromatic carbocycles. The predicted molar refractivity (Wildman–Crippen MR) is 87.1 cm³/mol. The van der Waals surface area contributed by atoms with Crippen molar-refractivity contribution in [3.05, 3.63) is 54.1 Å². The lowest BCUT2D eigenvalue weighted by atomic mass is 10.2. The number of benzene rings is 2. The van der Waals surface area contributed by atoms with E-state index in [0.717, 1.165) is 24.5 Å². The first-order valence-corrected chi connectivity index (χ1v) is 8.69. The summed E-state index contributed by atoms with van der Waals surface area (Å²) in [6.45, 7) is 3.67. The van der Waals surface area contributed by atoms with E-state index in [2.05, 4.69) is 11.8 Å². The maximum absolute atomic E-state index is 11.5. The zero-order valence-corrected chi connectivity index (χ0v) is 13.1. The highest BCUT2D eigenvalue weighted by Crippen LogP contribution is 2.20. The van der Waals surface area contributed by atoms with E-state index in [9.17, 15) is 8.42 Å². The van der Waals surface area contributed by atoms with Gasteiger partial charge in [-0.15, -0.1) is 0 Å². The average Bonchev–Trinajstić information content (AvgIpc) is 2.46. The van der Waals surface area contributed by atoms with Crippen LogP contribution in [0.2, 0.25) is 0 Å². The zero-order chi connectivity index (χ0) is 15.5. The third kappa shape index (κ3) is 3.98. The molecule has 0 aliphatic heterocycles. The molecule has 0 heterocycles. The molecule has 112 valence electrons. The van der Waals surface area contributed by atoms with Gasteiger partial charge >= 0.3 is 0 Å². The molecule has 4 nitrogen and oxygen atoms in total. The van der Waals surface area contributed by atoms with Gasteiger partial charge in [-0.1, -0.05) is 12.1 Å². The van der Waals surface area contributed by atoms with Crippen molar-refractivity contribution in [3.63, 3.8) is 0 Å². The summed E-state index contributed by atoms with van der Waals surface area (Å²) in [5, 5.41) is 0. The van der Waals surface area contributed by atoms with Crippen molar-refractivity contribution in [2.75, 3.05) is 23.4 Å². The monoisotopic (exact) mass is 304 g/mol. The fraction of sp³-hybridized carbons (Fsp3) is 0.250. The summed E-state index contributed by atoms with van der Waals surface area (Å²) in [4.78, 5) is 2.52. The summed E-state index contributed by atoms with van der Waals surface area (Å²) in [6.07, 6.45) is 1.22. The lowest BCUT2D eigenvalue weighted by Gasteiger charge is -2.23. The minimum Gasteiger partial charge on any atom is -0.399 e. The third-order valence-corrected chi connectivity index (χ3v) is 4.49. The van der Waals surface area contributed by atoms with Gasteiger partial charge in [0.2, 0.25) is 0 Å². The van der Waals surface area contributed by atoms with Crippen LogP contribution in [-0.2, 0) is 16.4 Å². The van der Waals surface area contributed by atoms with Crippen LogP contribution in [0.4, 0.5) is 11.4 Å². The third-order valence-electron chi connectivity index (χ3n) is 3.36. The summed E-state index contributed by atoms with van der Waals surface area (Å²) in [6, 6.07) is 14.8. The van der Waals surface area contributed by atoms with Crippen LogP contribution in [-0.4, -0.2) is 21.2 Å². The molecular formula is C16H20N2O2S. The predicted octanol–water partition coefficient (Wildman–Crippen LogP) is 2.70. The molecule has 0 unspecified atom stereocenters. The second-order valence-electron chi connectivity index (χ2n) is 5.02. The van der Waals surface area contributed by atoms with E-state index in [4.69, 9.17) is 5.73 Å². The Labute approximate surface area is 126 Å². The summed E-state index contributed by atoms with van der Waals surface area (Å²) in [7, 11) is -3.15. The van der Waals surface area contributed by atoms with Gasteiger partial charge in [-0.25, -0.2) is 8.42 Å². The topological polar surface area (TPSA) is 63.4 Å². The van der Waals surface area contributed by atoms with Crippen molar-refractivity contribution in [3.8, 4) is 0 Å². The molecule has 21 heavy (non-hydrogen) atoms. The molecule has 0 radical (unpaired) electrons. The van der Waals surface area contributed by atoms with Crippen LogP contribution in [0.3, 0.4) is 0 Å². The van der Waals surface area contributed by atoms with E-state index in [1.165, 1.54) is 11.8 Å². The summed E-state index contributed by atoms with van der Waals surface area (Å²) in [5.74, 6) is 0. The van der Waals surface area contributed by atoms with Gasteiger partial charge < -0.3 is 10.6 Å². The Bertz CT molecular complexity index is 692. The number of rotatable bonds is 5. The van der Waals surface area contributed by atoms with Crippen LogP contribution < -0.4 is 10.6 Å². The maximum atomic E-state index is 11.5. The summed E-state index contributed by atoms with van der Waals surface area (Å²) < 4.78 is 23.0. The smallest absolute Gasteiger partial charge is 0.175 e. The van der Waals surface area contributed by atoms with Gasteiger partial charge in [0.25, 0.3) is 0 Å². The SMILES string of the molecule is CCN(Cc1ccc(N)cc1)c1ccc(S(C)(=O)=O)cc1. The quantitative estimate of drug-likeness (QED) is 0.863. The Balaban J connectivity index is 2.19. The molecule has 0 aromatic heterocycles. The van der Waals surface area contributed by atoms with Crippen molar-refractivity contribution in [1.82, 2.24) is 0 Å². The molecular weight excluding hydrogens is 284 g/mol. The molecule has 0 aliphatic carbocycles. The molecule has 0 saturated carbocycles. The number of nitrogens with two attached hydrogens (primary N) is 1. The Hall–Kier alpha value is -2.01. The van der Waals surface area contributed by atoms with Crippen LogP contribution in [0.15, 0.2) is 53.4 Å². The van der Waals surface area contributed by atoms with E-state index in [1.54, 1.807) is 12.1 Å². The second-order valence-corrected chi connectivity index (χ2v) is 7.04. The maximum Gasteiger partial charge on any atom is 0.175 e. The Morgan fingerprint density at radius 3 is 2.05 bits per heavy atom. The fourth-order valence-corrected chi connectivity index (χ4v) is 2.76. The van der Waals surface area contributed by atoms with E-state index >= 15 is 0 Å². The van der Waals surface area contributed by atoms with Crippen LogP contribution in [0.5, 0.6) is 0 Å². The van der Waals surface area contributed by atoms with E-state index in [0.29, 0.717) is 4.90 Å². The molecule has 0 aliphatic rings. The minimum absolute atomic E-state index is 0.342. The number of sulfone groups is 1. The highest BCUT2D eigenvalue weighted by molar-refractivity contribution is 7.90. The Morgan fingerprint density at radius 2 is 1.57 bits per heavy atom. The van der Waals surface area contributed by atoms with E-state index in [-0.39, 0.29) is 0 Å². The van der Waals surface area contributed by atoms with Gasteiger partial charge in [0.15, 0.2) is 9.84 Å². The van der Waals surface area contributed by atoms with Gasteiger partial charge in [-0.3, -0.25) is 0 Å². The van der Waals surface area contributed by atoms with Crippen molar-refractivity contribution in [2.24, 2.45) is 0 Å². The first-order chi connectivity index (χ1) is 9.90. The van der Waals surface area contributed by atoms with Crippen LogP contribution in [0.25, 0.3) is 0 Å². The molecule has 0 atom stereocenters. The minimum atomic E-state index is -3.15. The first-order valence-electron chi connectivity index (χ1n) is 6.79. The normalized spacial score (nSPS) is 11.3. The van der Waals surface area contributed by atoms with Crippen molar-refractivity contribution >= 4 is 21.2 Å². The van der Waals surface area contributed by atoms with Crippen molar-refractivity contribution in [1.29, 1.82) is 0 Å².